The van der Waals surface area contributed by atoms with Crippen molar-refractivity contribution in [2.75, 3.05) is 39.9 Å². The lowest BCUT2D eigenvalue weighted by Crippen LogP contribution is -2.27. The maximum absolute atomic E-state index is 5.18. The van der Waals surface area contributed by atoms with Crippen LogP contribution in [0.4, 0.5) is 0 Å². The van der Waals surface area contributed by atoms with Crippen molar-refractivity contribution in [2.45, 2.75) is 33.2 Å². The molecule has 0 aliphatic carbocycles. The van der Waals surface area contributed by atoms with Gasteiger partial charge in [-0.25, -0.2) is 0 Å². The zero-order valence-electron chi connectivity index (χ0n) is 13.3. The molecule has 1 rings (SSSR count). The molecule has 0 radical (unpaired) electrons. The van der Waals surface area contributed by atoms with Crippen molar-refractivity contribution >= 4 is 0 Å². The van der Waals surface area contributed by atoms with Crippen LogP contribution >= 0.6 is 0 Å². The van der Waals surface area contributed by atoms with Crippen LogP contribution in [0.15, 0.2) is 24.3 Å². The molecule has 0 bridgehead atoms. The number of ether oxygens (including phenoxy) is 1. The second-order valence-corrected chi connectivity index (χ2v) is 5.13. The van der Waals surface area contributed by atoms with Crippen LogP contribution in [0.3, 0.4) is 0 Å². The van der Waals surface area contributed by atoms with Gasteiger partial charge in [-0.05, 0) is 43.6 Å². The Labute approximate surface area is 124 Å². The smallest absolute Gasteiger partial charge is 0.0589 e. The Balaban J connectivity index is 2.54. The van der Waals surface area contributed by atoms with Gasteiger partial charge in [-0.3, -0.25) is 4.90 Å². The maximum atomic E-state index is 5.18. The highest BCUT2D eigenvalue weighted by Crippen LogP contribution is 2.12. The molecule has 3 heteroatoms. The highest BCUT2D eigenvalue weighted by Gasteiger charge is 2.07. The summed E-state index contributed by atoms with van der Waals surface area (Å²) in [7, 11) is 1.77. The number of hydrogen-bond donors (Lipinski definition) is 1. The van der Waals surface area contributed by atoms with Gasteiger partial charge in [0.2, 0.25) is 0 Å². The number of likely N-dealkylation sites (N-methyl/N-ethyl adjacent to an activating group) is 1. The molecule has 0 atom stereocenters. The standard InChI is InChI=1S/C17H30N2O/c1-4-11-18-12-10-16-8-6-7-9-17(16)15-19(5-2)13-14-20-3/h6-9,18H,4-5,10-15H2,1-3H3. The molecule has 0 saturated heterocycles. The maximum Gasteiger partial charge on any atom is 0.0589 e. The predicted molar refractivity (Wildman–Crippen MR) is 86.1 cm³/mol. The average molecular weight is 278 g/mol. The van der Waals surface area contributed by atoms with Crippen molar-refractivity contribution in [3.05, 3.63) is 35.4 Å². The third kappa shape index (κ3) is 6.51. The van der Waals surface area contributed by atoms with Crippen molar-refractivity contribution in [1.82, 2.24) is 10.2 Å². The Bertz CT molecular complexity index is 355. The first-order valence-electron chi connectivity index (χ1n) is 7.80. The first-order chi connectivity index (χ1) is 9.81. The van der Waals surface area contributed by atoms with Crippen molar-refractivity contribution in [2.24, 2.45) is 0 Å². The van der Waals surface area contributed by atoms with Gasteiger partial charge in [0, 0.05) is 20.2 Å². The number of nitrogens with one attached hydrogen (secondary N) is 1. The molecule has 0 saturated carbocycles. The van der Waals surface area contributed by atoms with E-state index in [-0.39, 0.29) is 0 Å². The lowest BCUT2D eigenvalue weighted by atomic mass is 10.0. The van der Waals surface area contributed by atoms with Crippen LogP contribution in [0, 0.1) is 0 Å². The van der Waals surface area contributed by atoms with E-state index in [1.54, 1.807) is 7.11 Å². The van der Waals surface area contributed by atoms with Crippen molar-refractivity contribution in [3.63, 3.8) is 0 Å². The lowest BCUT2D eigenvalue weighted by molar-refractivity contribution is 0.147. The van der Waals surface area contributed by atoms with Crippen LogP contribution in [0.5, 0.6) is 0 Å². The summed E-state index contributed by atoms with van der Waals surface area (Å²) in [5.74, 6) is 0. The molecule has 0 unspecified atom stereocenters. The molecule has 114 valence electrons. The zero-order chi connectivity index (χ0) is 14.6. The molecule has 1 N–H and O–H groups in total. The van der Waals surface area contributed by atoms with Gasteiger partial charge in [0.1, 0.15) is 0 Å². The number of nitrogens with zero attached hydrogens (tertiary/aromatic N) is 1. The molecule has 0 aliphatic rings. The SMILES string of the molecule is CCCNCCc1ccccc1CN(CC)CCOC. The van der Waals surface area contributed by atoms with E-state index >= 15 is 0 Å². The zero-order valence-corrected chi connectivity index (χ0v) is 13.3. The van der Waals surface area contributed by atoms with Gasteiger partial charge in [0.15, 0.2) is 0 Å². The highest BCUT2D eigenvalue weighted by molar-refractivity contribution is 5.27. The van der Waals surface area contributed by atoms with Crippen LogP contribution in [0.1, 0.15) is 31.4 Å². The summed E-state index contributed by atoms with van der Waals surface area (Å²) in [5, 5.41) is 3.48. The van der Waals surface area contributed by atoms with E-state index in [0.29, 0.717) is 0 Å². The second-order valence-electron chi connectivity index (χ2n) is 5.13. The molecule has 3 nitrogen and oxygen atoms in total. The molecule has 0 aromatic heterocycles. The predicted octanol–water partition coefficient (Wildman–Crippen LogP) is 2.70. The van der Waals surface area contributed by atoms with Gasteiger partial charge in [0.05, 0.1) is 6.61 Å². The van der Waals surface area contributed by atoms with E-state index in [1.165, 1.54) is 17.5 Å². The molecule has 20 heavy (non-hydrogen) atoms. The van der Waals surface area contributed by atoms with Crippen molar-refractivity contribution in [3.8, 4) is 0 Å². The summed E-state index contributed by atoms with van der Waals surface area (Å²) in [4.78, 5) is 2.43. The van der Waals surface area contributed by atoms with E-state index in [1.807, 2.05) is 0 Å². The number of benzene rings is 1. The number of methoxy groups -OCH3 is 1. The molecular weight excluding hydrogens is 248 g/mol. The first-order valence-corrected chi connectivity index (χ1v) is 7.80. The fraction of sp³-hybridized carbons (Fsp3) is 0.647. The van der Waals surface area contributed by atoms with E-state index in [9.17, 15) is 0 Å². The third-order valence-electron chi connectivity index (χ3n) is 3.57. The Morgan fingerprint density at radius 3 is 2.50 bits per heavy atom. The highest BCUT2D eigenvalue weighted by atomic mass is 16.5. The minimum Gasteiger partial charge on any atom is -0.383 e. The molecular formula is C17H30N2O. The van der Waals surface area contributed by atoms with Gasteiger partial charge < -0.3 is 10.1 Å². The largest absolute Gasteiger partial charge is 0.383 e. The van der Waals surface area contributed by atoms with Crippen LogP contribution in [0.2, 0.25) is 0 Å². The molecule has 1 aromatic carbocycles. The van der Waals surface area contributed by atoms with Gasteiger partial charge in [-0.2, -0.15) is 0 Å². The number of hydrogen-bond acceptors (Lipinski definition) is 3. The van der Waals surface area contributed by atoms with Gasteiger partial charge in [-0.1, -0.05) is 38.1 Å². The minimum atomic E-state index is 0.800. The van der Waals surface area contributed by atoms with E-state index < -0.39 is 0 Å². The summed E-state index contributed by atoms with van der Waals surface area (Å²) in [6.45, 7) is 10.5. The van der Waals surface area contributed by atoms with Gasteiger partial charge in [-0.15, -0.1) is 0 Å². The third-order valence-corrected chi connectivity index (χ3v) is 3.57. The second kappa shape index (κ2) is 10.8. The summed E-state index contributed by atoms with van der Waals surface area (Å²) < 4.78 is 5.18. The lowest BCUT2D eigenvalue weighted by Gasteiger charge is -2.21. The topological polar surface area (TPSA) is 24.5 Å². The molecule has 0 aliphatic heterocycles. The fourth-order valence-electron chi connectivity index (χ4n) is 2.29. The molecule has 1 aromatic rings. The Morgan fingerprint density at radius 1 is 1.10 bits per heavy atom. The van der Waals surface area contributed by atoms with E-state index in [4.69, 9.17) is 4.74 Å². The van der Waals surface area contributed by atoms with Gasteiger partial charge >= 0.3 is 0 Å². The van der Waals surface area contributed by atoms with Crippen molar-refractivity contribution < 1.29 is 4.74 Å². The molecule has 0 amide bonds. The Morgan fingerprint density at radius 2 is 1.85 bits per heavy atom. The summed E-state index contributed by atoms with van der Waals surface area (Å²) in [6, 6.07) is 8.80. The van der Waals surface area contributed by atoms with Crippen molar-refractivity contribution in [1.29, 1.82) is 0 Å². The fourth-order valence-corrected chi connectivity index (χ4v) is 2.29. The van der Waals surface area contributed by atoms with Crippen LogP contribution in [-0.4, -0.2) is 44.8 Å². The van der Waals surface area contributed by atoms with Gasteiger partial charge in [0.25, 0.3) is 0 Å². The molecule has 0 fully saturated rings. The minimum absolute atomic E-state index is 0.800. The Kier molecular flexibility index (Phi) is 9.29. The van der Waals surface area contributed by atoms with Crippen LogP contribution < -0.4 is 5.32 Å². The summed E-state index contributed by atoms with van der Waals surface area (Å²) in [5.41, 5.74) is 2.91. The quantitative estimate of drug-likeness (QED) is 0.630. The Hall–Kier alpha value is -0.900. The van der Waals surface area contributed by atoms with E-state index in [2.05, 4.69) is 48.3 Å². The normalized spacial score (nSPS) is 11.2. The molecule has 0 heterocycles. The van der Waals surface area contributed by atoms with Crippen LogP contribution in [0.25, 0.3) is 0 Å². The monoisotopic (exact) mass is 278 g/mol. The first kappa shape index (κ1) is 17.2. The van der Waals surface area contributed by atoms with E-state index in [0.717, 1.165) is 45.8 Å². The summed E-state index contributed by atoms with van der Waals surface area (Å²) >= 11 is 0. The number of rotatable bonds is 11. The van der Waals surface area contributed by atoms with Crippen LogP contribution in [-0.2, 0) is 17.7 Å². The molecule has 0 spiro atoms. The average Bonchev–Trinajstić information content (AvgIpc) is 2.49. The summed E-state index contributed by atoms with van der Waals surface area (Å²) in [6.07, 6.45) is 2.31.